The Hall–Kier alpha value is 0.0600. The van der Waals surface area contributed by atoms with Crippen molar-refractivity contribution in [3.63, 3.8) is 0 Å². The summed E-state index contributed by atoms with van der Waals surface area (Å²) in [6, 6.07) is 2.35. The first-order valence-electron chi connectivity index (χ1n) is 6.12. The molecule has 1 aromatic rings. The number of halogens is 1. The van der Waals surface area contributed by atoms with E-state index in [1.807, 2.05) is 0 Å². The molecule has 0 spiro atoms. The van der Waals surface area contributed by atoms with Gasteiger partial charge >= 0.3 is 0 Å². The Kier molecular flexibility index (Phi) is 4.99. The second-order valence-corrected chi connectivity index (χ2v) is 6.52. The Labute approximate surface area is 115 Å². The molecule has 4 N–H and O–H groups in total. The topological polar surface area (TPSA) is 55.3 Å². The largest absolute Gasteiger partial charge is 0.329 e. The second kappa shape index (κ2) is 6.29. The van der Waals surface area contributed by atoms with Crippen molar-refractivity contribution in [1.29, 1.82) is 0 Å². The molecule has 2 heterocycles. The Morgan fingerprint density at radius 3 is 2.71 bits per heavy atom. The van der Waals surface area contributed by atoms with Crippen LogP contribution in [0.5, 0.6) is 0 Å². The molecule has 0 aliphatic carbocycles. The van der Waals surface area contributed by atoms with Gasteiger partial charge in [0.1, 0.15) is 0 Å². The number of hydrogen-bond donors (Lipinski definition) is 2. The van der Waals surface area contributed by atoms with Gasteiger partial charge in [-0.3, -0.25) is 0 Å². The molecule has 0 bridgehead atoms. The fourth-order valence-electron chi connectivity index (χ4n) is 2.45. The lowest BCUT2D eigenvalue weighted by Gasteiger charge is -2.34. The van der Waals surface area contributed by atoms with Crippen molar-refractivity contribution in [2.45, 2.75) is 18.9 Å². The summed E-state index contributed by atoms with van der Waals surface area (Å²) in [6.45, 7) is 4.06. The van der Waals surface area contributed by atoms with Crippen LogP contribution in [0.4, 0.5) is 0 Å². The van der Waals surface area contributed by atoms with Crippen LogP contribution in [0.3, 0.4) is 0 Å². The fraction of sp³-hybridized carbons (Fsp3) is 0.667. The molecule has 0 radical (unpaired) electrons. The summed E-state index contributed by atoms with van der Waals surface area (Å²) in [7, 11) is 0. The lowest BCUT2D eigenvalue weighted by Crippen LogP contribution is -2.39. The molecule has 1 atom stereocenters. The standard InChI is InChI=1S/C12H20BrN3S/c13-10-7-11(17-8-10)12(15)9-1-4-16(5-2-9)6-3-14/h7-9,12H,1-6,14-15H2. The average molecular weight is 318 g/mol. The molecule has 0 amide bonds. The number of nitrogens with zero attached hydrogens (tertiary/aromatic N) is 1. The van der Waals surface area contributed by atoms with Crippen LogP contribution in [0.1, 0.15) is 23.8 Å². The van der Waals surface area contributed by atoms with E-state index < -0.39 is 0 Å². The van der Waals surface area contributed by atoms with Gasteiger partial charge in [-0.05, 0) is 53.8 Å². The Bertz CT molecular complexity index is 347. The molecular weight excluding hydrogens is 298 g/mol. The minimum absolute atomic E-state index is 0.200. The molecule has 17 heavy (non-hydrogen) atoms. The molecule has 1 aliphatic heterocycles. The summed E-state index contributed by atoms with van der Waals surface area (Å²) in [6.07, 6.45) is 2.38. The zero-order valence-corrected chi connectivity index (χ0v) is 12.3. The van der Waals surface area contributed by atoms with E-state index in [4.69, 9.17) is 11.5 Å². The molecular formula is C12H20BrN3S. The van der Waals surface area contributed by atoms with E-state index in [1.165, 1.54) is 17.7 Å². The summed E-state index contributed by atoms with van der Waals surface area (Å²) in [5, 5.41) is 2.11. The maximum atomic E-state index is 6.35. The van der Waals surface area contributed by atoms with E-state index in [-0.39, 0.29) is 6.04 Å². The zero-order valence-electron chi connectivity index (χ0n) is 9.94. The van der Waals surface area contributed by atoms with E-state index in [0.29, 0.717) is 5.92 Å². The van der Waals surface area contributed by atoms with E-state index >= 15 is 0 Å². The Morgan fingerprint density at radius 2 is 2.18 bits per heavy atom. The van der Waals surface area contributed by atoms with E-state index in [0.717, 1.165) is 30.7 Å². The summed E-state index contributed by atoms with van der Waals surface area (Å²) in [4.78, 5) is 3.74. The van der Waals surface area contributed by atoms with Gasteiger partial charge in [-0.1, -0.05) is 0 Å². The highest BCUT2D eigenvalue weighted by Crippen LogP contribution is 2.33. The monoisotopic (exact) mass is 317 g/mol. The van der Waals surface area contributed by atoms with Crippen LogP contribution in [0, 0.1) is 5.92 Å². The maximum absolute atomic E-state index is 6.35. The molecule has 96 valence electrons. The number of hydrogen-bond acceptors (Lipinski definition) is 4. The molecule has 1 aromatic heterocycles. The highest BCUT2D eigenvalue weighted by molar-refractivity contribution is 9.10. The normalized spacial score (nSPS) is 20.6. The SMILES string of the molecule is NCCN1CCC(C(N)c2cc(Br)cs2)CC1. The van der Waals surface area contributed by atoms with E-state index in [9.17, 15) is 0 Å². The quantitative estimate of drug-likeness (QED) is 0.895. The molecule has 5 heteroatoms. The molecule has 1 saturated heterocycles. The average Bonchev–Trinajstić information content (AvgIpc) is 2.76. The van der Waals surface area contributed by atoms with Gasteiger partial charge < -0.3 is 16.4 Å². The minimum Gasteiger partial charge on any atom is -0.329 e. The van der Waals surface area contributed by atoms with Crippen molar-refractivity contribution in [2.24, 2.45) is 17.4 Å². The lowest BCUT2D eigenvalue weighted by atomic mass is 9.89. The van der Waals surface area contributed by atoms with Crippen LogP contribution in [0.25, 0.3) is 0 Å². The first-order chi connectivity index (χ1) is 8.20. The van der Waals surface area contributed by atoms with Gasteiger partial charge in [-0.2, -0.15) is 0 Å². The number of nitrogens with two attached hydrogens (primary N) is 2. The first kappa shape index (κ1) is 13.5. The number of rotatable bonds is 4. The van der Waals surface area contributed by atoms with Gasteiger partial charge in [-0.15, -0.1) is 11.3 Å². The number of thiophene rings is 1. The van der Waals surface area contributed by atoms with Crippen molar-refractivity contribution in [3.8, 4) is 0 Å². The molecule has 0 aromatic carbocycles. The lowest BCUT2D eigenvalue weighted by molar-refractivity contribution is 0.173. The van der Waals surface area contributed by atoms with Gasteiger partial charge in [-0.25, -0.2) is 0 Å². The smallest absolute Gasteiger partial charge is 0.0419 e. The number of piperidine rings is 1. The van der Waals surface area contributed by atoms with Crippen molar-refractivity contribution in [1.82, 2.24) is 4.90 Å². The van der Waals surface area contributed by atoms with Crippen LogP contribution < -0.4 is 11.5 Å². The number of likely N-dealkylation sites (tertiary alicyclic amines) is 1. The molecule has 1 unspecified atom stereocenters. The van der Waals surface area contributed by atoms with Crippen LogP contribution in [0.15, 0.2) is 15.9 Å². The summed E-state index contributed by atoms with van der Waals surface area (Å²) in [5.41, 5.74) is 11.9. The summed E-state index contributed by atoms with van der Waals surface area (Å²) < 4.78 is 1.15. The zero-order chi connectivity index (χ0) is 12.3. The highest BCUT2D eigenvalue weighted by Gasteiger charge is 2.25. The summed E-state index contributed by atoms with van der Waals surface area (Å²) >= 11 is 5.24. The van der Waals surface area contributed by atoms with Gasteiger partial charge in [0.25, 0.3) is 0 Å². The predicted octanol–water partition coefficient (Wildman–Crippen LogP) is 2.18. The predicted molar refractivity (Wildman–Crippen MR) is 77.2 cm³/mol. The van der Waals surface area contributed by atoms with Crippen LogP contribution in [-0.4, -0.2) is 31.1 Å². The van der Waals surface area contributed by atoms with Gasteiger partial charge in [0.05, 0.1) is 0 Å². The third-order valence-corrected chi connectivity index (χ3v) is 5.30. The van der Waals surface area contributed by atoms with Crippen molar-refractivity contribution in [3.05, 3.63) is 20.8 Å². The highest BCUT2D eigenvalue weighted by atomic mass is 79.9. The Balaban J connectivity index is 1.88. The second-order valence-electron chi connectivity index (χ2n) is 4.66. The third kappa shape index (κ3) is 3.51. The third-order valence-electron chi connectivity index (χ3n) is 3.50. The molecule has 2 rings (SSSR count). The molecule has 0 saturated carbocycles. The van der Waals surface area contributed by atoms with Crippen LogP contribution in [-0.2, 0) is 0 Å². The van der Waals surface area contributed by atoms with Gasteiger partial charge in [0, 0.05) is 33.9 Å². The maximum Gasteiger partial charge on any atom is 0.0419 e. The van der Waals surface area contributed by atoms with Crippen molar-refractivity contribution < 1.29 is 0 Å². The van der Waals surface area contributed by atoms with Gasteiger partial charge in [0.2, 0.25) is 0 Å². The van der Waals surface area contributed by atoms with Gasteiger partial charge in [0.15, 0.2) is 0 Å². The summed E-state index contributed by atoms with van der Waals surface area (Å²) in [5.74, 6) is 0.620. The van der Waals surface area contributed by atoms with Crippen LogP contribution >= 0.6 is 27.3 Å². The minimum atomic E-state index is 0.200. The van der Waals surface area contributed by atoms with Crippen LogP contribution in [0.2, 0.25) is 0 Å². The van der Waals surface area contributed by atoms with E-state index in [1.54, 1.807) is 11.3 Å². The molecule has 1 fully saturated rings. The van der Waals surface area contributed by atoms with E-state index in [2.05, 4.69) is 32.3 Å². The van der Waals surface area contributed by atoms with Crippen molar-refractivity contribution in [2.75, 3.05) is 26.2 Å². The Morgan fingerprint density at radius 1 is 1.47 bits per heavy atom. The molecule has 1 aliphatic rings. The molecule has 3 nitrogen and oxygen atoms in total. The first-order valence-corrected chi connectivity index (χ1v) is 7.80. The van der Waals surface area contributed by atoms with Crippen molar-refractivity contribution >= 4 is 27.3 Å². The fourth-order valence-corrected chi connectivity index (χ4v) is 3.99.